The van der Waals surface area contributed by atoms with E-state index >= 15 is 0 Å². The van der Waals surface area contributed by atoms with Gasteiger partial charge in [0.2, 0.25) is 0 Å². The van der Waals surface area contributed by atoms with E-state index in [2.05, 4.69) is 13.0 Å². The molecule has 0 aromatic heterocycles. The molecule has 26 heavy (non-hydrogen) atoms. The second-order valence-electron chi connectivity index (χ2n) is 6.43. The van der Waals surface area contributed by atoms with Crippen molar-refractivity contribution < 1.29 is 19.7 Å². The van der Waals surface area contributed by atoms with Crippen molar-refractivity contribution in [2.75, 3.05) is 0 Å². The molecule has 0 aromatic carbocycles. The lowest BCUT2D eigenvalue weighted by atomic mass is 10.1. The Labute approximate surface area is 157 Å². The highest BCUT2D eigenvalue weighted by Gasteiger charge is 2.35. The Balaban J connectivity index is 1.97. The zero-order valence-corrected chi connectivity index (χ0v) is 15.7. The molecule has 1 aliphatic heterocycles. The van der Waals surface area contributed by atoms with Crippen molar-refractivity contribution in [2.24, 2.45) is 0 Å². The molecule has 1 aliphatic rings. The number of aliphatic hydroxyl groups excluding tert-OH is 1. The highest BCUT2D eigenvalue weighted by atomic mass is 16.6. The largest absolute Gasteiger partial charge is 0.508 e. The van der Waals surface area contributed by atoms with Crippen LogP contribution in [0, 0.1) is 0 Å². The van der Waals surface area contributed by atoms with Gasteiger partial charge in [0.25, 0.3) is 0 Å². The van der Waals surface area contributed by atoms with E-state index < -0.39 is 5.97 Å². The molecule has 144 valence electrons. The van der Waals surface area contributed by atoms with Crippen LogP contribution in [0.3, 0.4) is 0 Å². The lowest BCUT2D eigenvalue weighted by Gasteiger charge is -1.98. The fraction of sp³-hybridized carbons (Fsp3) is 0.500. The molecule has 1 heterocycles. The van der Waals surface area contributed by atoms with Gasteiger partial charge < -0.3 is 14.9 Å². The van der Waals surface area contributed by atoms with Crippen LogP contribution in [0.4, 0.5) is 0 Å². The first-order chi connectivity index (χ1) is 12.6. The van der Waals surface area contributed by atoms with E-state index in [4.69, 9.17) is 9.84 Å². The molecule has 1 rings (SSSR count). The molecule has 2 unspecified atom stereocenters. The molecule has 2 N–H and O–H groups in total. The normalized spacial score (nSPS) is 20.9. The summed E-state index contributed by atoms with van der Waals surface area (Å²) in [5.74, 6) is -0.870. The van der Waals surface area contributed by atoms with E-state index in [1.165, 1.54) is 50.7 Å². The van der Waals surface area contributed by atoms with Crippen LogP contribution in [-0.2, 0) is 9.53 Å². The maximum Gasteiger partial charge on any atom is 0.328 e. The Bertz CT molecular complexity index is 540. The number of aliphatic carboxylic acids is 1. The lowest BCUT2D eigenvalue weighted by Crippen LogP contribution is -1.92. The maximum atomic E-state index is 10.3. The SMILES string of the molecule is CCC1OC1CCCCCCC/C=C/C=C/C(O)=C/C=C/C=C/C(=O)O. The van der Waals surface area contributed by atoms with E-state index in [9.17, 15) is 9.90 Å². The summed E-state index contributed by atoms with van der Waals surface area (Å²) in [6, 6.07) is 0. The molecule has 0 aromatic rings. The number of hydrogen-bond donors (Lipinski definition) is 2. The van der Waals surface area contributed by atoms with Crippen molar-refractivity contribution in [1.29, 1.82) is 0 Å². The average Bonchev–Trinajstić information content (AvgIpc) is 3.37. The summed E-state index contributed by atoms with van der Waals surface area (Å²) < 4.78 is 5.54. The molecular weight excluding hydrogens is 328 g/mol. The van der Waals surface area contributed by atoms with E-state index in [0.717, 1.165) is 18.9 Å². The van der Waals surface area contributed by atoms with Crippen LogP contribution in [0.25, 0.3) is 0 Å². The number of rotatable bonds is 14. The third kappa shape index (κ3) is 12.3. The molecule has 1 fully saturated rings. The average molecular weight is 360 g/mol. The number of epoxide rings is 1. The van der Waals surface area contributed by atoms with Gasteiger partial charge in [-0.3, -0.25) is 0 Å². The van der Waals surface area contributed by atoms with Gasteiger partial charge in [0, 0.05) is 6.08 Å². The van der Waals surface area contributed by atoms with Crippen molar-refractivity contribution in [3.8, 4) is 0 Å². The molecule has 0 amide bonds. The Morgan fingerprint density at radius 1 is 0.885 bits per heavy atom. The molecule has 4 nitrogen and oxygen atoms in total. The summed E-state index contributed by atoms with van der Waals surface area (Å²) in [4.78, 5) is 10.3. The Morgan fingerprint density at radius 3 is 2.35 bits per heavy atom. The molecule has 0 bridgehead atoms. The number of aliphatic hydroxyl groups is 1. The van der Waals surface area contributed by atoms with Crippen LogP contribution < -0.4 is 0 Å². The minimum absolute atomic E-state index is 0.125. The lowest BCUT2D eigenvalue weighted by molar-refractivity contribution is -0.131. The maximum absolute atomic E-state index is 10.3. The monoisotopic (exact) mass is 360 g/mol. The molecule has 0 saturated carbocycles. The first-order valence-electron chi connectivity index (χ1n) is 9.59. The summed E-state index contributed by atoms with van der Waals surface area (Å²) in [6.07, 6.45) is 25.4. The Kier molecular flexibility index (Phi) is 11.9. The summed E-state index contributed by atoms with van der Waals surface area (Å²) in [7, 11) is 0. The quantitative estimate of drug-likeness (QED) is 0.138. The summed E-state index contributed by atoms with van der Waals surface area (Å²) in [5, 5.41) is 18.0. The predicted molar refractivity (Wildman–Crippen MR) is 106 cm³/mol. The van der Waals surface area contributed by atoms with Gasteiger partial charge in [-0.15, -0.1) is 0 Å². The third-order valence-electron chi connectivity index (χ3n) is 4.19. The Morgan fingerprint density at radius 2 is 1.62 bits per heavy atom. The number of carbonyl (C=O) groups is 1. The molecule has 2 atom stereocenters. The van der Waals surface area contributed by atoms with Gasteiger partial charge in [0.05, 0.1) is 12.2 Å². The van der Waals surface area contributed by atoms with E-state index in [-0.39, 0.29) is 5.76 Å². The fourth-order valence-corrected chi connectivity index (χ4v) is 2.67. The van der Waals surface area contributed by atoms with E-state index in [0.29, 0.717) is 12.2 Å². The van der Waals surface area contributed by atoms with Crippen LogP contribution in [0.5, 0.6) is 0 Å². The standard InChI is InChI=1S/C22H32O4/c1-2-20-21(26-20)17-13-9-7-5-3-4-6-8-11-15-19(23)16-12-10-14-18-22(24)25/h6,8,10-12,14-16,18,20-21,23H,2-5,7,9,13,17H2,1H3,(H,24,25)/b8-6+,12-10+,15-11+,18-14+,19-16-. The molecule has 0 radical (unpaired) electrons. The zero-order chi connectivity index (χ0) is 19.0. The molecule has 1 saturated heterocycles. The third-order valence-corrected chi connectivity index (χ3v) is 4.19. The second kappa shape index (κ2) is 14.1. The van der Waals surface area contributed by atoms with Gasteiger partial charge >= 0.3 is 5.97 Å². The van der Waals surface area contributed by atoms with E-state index in [1.54, 1.807) is 24.3 Å². The number of carboxylic acid groups (broad SMARTS) is 1. The second-order valence-corrected chi connectivity index (χ2v) is 6.43. The van der Waals surface area contributed by atoms with Crippen LogP contribution in [0.1, 0.15) is 58.3 Å². The predicted octanol–water partition coefficient (Wildman–Crippen LogP) is 5.65. The van der Waals surface area contributed by atoms with Crippen LogP contribution >= 0.6 is 0 Å². The molecule has 0 spiro atoms. The fourth-order valence-electron chi connectivity index (χ4n) is 2.67. The minimum atomic E-state index is -0.995. The molecule has 4 heteroatoms. The van der Waals surface area contributed by atoms with Crippen LogP contribution in [0.2, 0.25) is 0 Å². The summed E-state index contributed by atoms with van der Waals surface area (Å²) in [6.45, 7) is 2.19. The molecular formula is C22H32O4. The first kappa shape index (κ1) is 22.0. The summed E-state index contributed by atoms with van der Waals surface area (Å²) in [5.41, 5.74) is 0. The smallest absolute Gasteiger partial charge is 0.328 e. The van der Waals surface area contributed by atoms with Crippen molar-refractivity contribution in [2.45, 2.75) is 70.5 Å². The van der Waals surface area contributed by atoms with Gasteiger partial charge in [-0.2, -0.15) is 0 Å². The number of hydrogen-bond acceptors (Lipinski definition) is 3. The molecule has 0 aliphatic carbocycles. The Hall–Kier alpha value is -2.07. The van der Waals surface area contributed by atoms with Gasteiger partial charge in [-0.25, -0.2) is 4.79 Å². The van der Waals surface area contributed by atoms with Gasteiger partial charge in [-0.05, 0) is 37.8 Å². The number of carboxylic acids is 1. The first-order valence-corrected chi connectivity index (χ1v) is 9.59. The van der Waals surface area contributed by atoms with Crippen molar-refractivity contribution in [1.82, 2.24) is 0 Å². The van der Waals surface area contributed by atoms with Crippen molar-refractivity contribution in [3.05, 3.63) is 60.4 Å². The van der Waals surface area contributed by atoms with Gasteiger partial charge in [0.15, 0.2) is 0 Å². The van der Waals surface area contributed by atoms with Gasteiger partial charge in [0.1, 0.15) is 5.76 Å². The van der Waals surface area contributed by atoms with Crippen molar-refractivity contribution in [3.63, 3.8) is 0 Å². The minimum Gasteiger partial charge on any atom is -0.508 e. The van der Waals surface area contributed by atoms with Crippen LogP contribution in [0.15, 0.2) is 60.4 Å². The zero-order valence-electron chi connectivity index (χ0n) is 15.7. The topological polar surface area (TPSA) is 70.1 Å². The highest BCUT2D eigenvalue weighted by Crippen LogP contribution is 2.29. The van der Waals surface area contributed by atoms with Crippen molar-refractivity contribution >= 4 is 5.97 Å². The number of unbranched alkanes of at least 4 members (excludes halogenated alkanes) is 5. The van der Waals surface area contributed by atoms with E-state index in [1.807, 2.05) is 6.08 Å². The highest BCUT2D eigenvalue weighted by molar-refractivity contribution is 5.80. The number of ether oxygens (including phenoxy) is 1. The van der Waals surface area contributed by atoms with Gasteiger partial charge in [-0.1, -0.05) is 69.1 Å². The summed E-state index contributed by atoms with van der Waals surface area (Å²) >= 11 is 0. The number of allylic oxidation sites excluding steroid dienone is 8. The van der Waals surface area contributed by atoms with Crippen LogP contribution in [-0.4, -0.2) is 28.4 Å².